The van der Waals surface area contributed by atoms with E-state index in [1.807, 2.05) is 20.8 Å². The molecule has 90 valence electrons. The molecule has 4 bridgehead atoms. The number of hydrogen-bond acceptors (Lipinski definition) is 2. The van der Waals surface area contributed by atoms with Crippen LogP contribution in [-0.2, 0) is 4.79 Å². The van der Waals surface area contributed by atoms with Crippen LogP contribution in [0.5, 0.6) is 0 Å². The van der Waals surface area contributed by atoms with Crippen molar-refractivity contribution in [2.24, 2.45) is 5.41 Å². The van der Waals surface area contributed by atoms with Gasteiger partial charge in [-0.05, 0) is 25.7 Å². The maximum Gasteiger partial charge on any atom is 0.228 e. The molecule has 0 unspecified atom stereocenters. The monoisotopic (exact) mass is 222 g/mol. The topological polar surface area (TPSA) is 32.3 Å². The van der Waals surface area contributed by atoms with Gasteiger partial charge in [-0.3, -0.25) is 4.79 Å². The summed E-state index contributed by atoms with van der Waals surface area (Å²) < 4.78 is 0. The maximum atomic E-state index is 12.5. The molecule has 3 heteroatoms. The standard InChI is InChI=1S/C13H22N2O/c1-13(2,3)12(16)15-10-4-8-5-11(15)7-9(6-10)14-8/h8-11,14H,4-7H2,1-3H3. The SMILES string of the molecule is CC(C)(C)C(=O)N1C2CC3CC1CC(C2)N3. The van der Waals surface area contributed by atoms with Gasteiger partial charge in [0.05, 0.1) is 0 Å². The third-order valence-corrected chi connectivity index (χ3v) is 4.36. The second-order valence-electron chi connectivity index (χ2n) is 6.77. The van der Waals surface area contributed by atoms with E-state index in [4.69, 9.17) is 0 Å². The van der Waals surface area contributed by atoms with Crippen molar-refractivity contribution in [3.05, 3.63) is 0 Å². The molecule has 0 atom stereocenters. The molecular formula is C13H22N2O. The summed E-state index contributed by atoms with van der Waals surface area (Å²) in [6.07, 6.45) is 4.70. The van der Waals surface area contributed by atoms with Gasteiger partial charge in [0.2, 0.25) is 5.91 Å². The van der Waals surface area contributed by atoms with E-state index in [9.17, 15) is 4.79 Å². The number of nitrogens with zero attached hydrogens (tertiary/aromatic N) is 1. The normalized spacial score (nSPS) is 41.6. The van der Waals surface area contributed by atoms with Gasteiger partial charge in [0.25, 0.3) is 0 Å². The van der Waals surface area contributed by atoms with Crippen molar-refractivity contribution in [3.63, 3.8) is 0 Å². The largest absolute Gasteiger partial charge is 0.336 e. The van der Waals surface area contributed by atoms with E-state index in [1.165, 1.54) is 25.7 Å². The molecule has 3 nitrogen and oxygen atoms in total. The first-order valence-corrected chi connectivity index (χ1v) is 6.54. The van der Waals surface area contributed by atoms with E-state index in [1.54, 1.807) is 0 Å². The number of carbonyl (C=O) groups is 1. The second-order valence-corrected chi connectivity index (χ2v) is 6.77. The van der Waals surface area contributed by atoms with Crippen LogP contribution in [0.25, 0.3) is 0 Å². The lowest BCUT2D eigenvalue weighted by atomic mass is 9.73. The zero-order chi connectivity index (χ0) is 11.5. The van der Waals surface area contributed by atoms with Crippen LogP contribution in [0, 0.1) is 5.41 Å². The summed E-state index contributed by atoms with van der Waals surface area (Å²) in [4.78, 5) is 14.7. The molecule has 4 fully saturated rings. The van der Waals surface area contributed by atoms with Crippen LogP contribution in [-0.4, -0.2) is 35.0 Å². The predicted octanol–water partition coefficient (Wildman–Crippen LogP) is 1.53. The van der Waals surface area contributed by atoms with E-state index in [-0.39, 0.29) is 5.41 Å². The van der Waals surface area contributed by atoms with Gasteiger partial charge in [-0.2, -0.15) is 0 Å². The highest BCUT2D eigenvalue weighted by atomic mass is 16.2. The van der Waals surface area contributed by atoms with Gasteiger partial charge < -0.3 is 10.2 Å². The fourth-order valence-electron chi connectivity index (χ4n) is 3.78. The fraction of sp³-hybridized carbons (Fsp3) is 0.923. The van der Waals surface area contributed by atoms with Gasteiger partial charge in [-0.1, -0.05) is 20.8 Å². The second kappa shape index (κ2) is 3.22. The Kier molecular flexibility index (Phi) is 2.13. The zero-order valence-electron chi connectivity index (χ0n) is 10.5. The summed E-state index contributed by atoms with van der Waals surface area (Å²) in [6, 6.07) is 2.42. The van der Waals surface area contributed by atoms with Crippen LogP contribution >= 0.6 is 0 Å². The van der Waals surface area contributed by atoms with Crippen molar-refractivity contribution < 1.29 is 4.79 Å². The van der Waals surface area contributed by atoms with Gasteiger partial charge in [0.15, 0.2) is 0 Å². The molecule has 0 spiro atoms. The molecule has 4 aliphatic rings. The molecule has 0 saturated carbocycles. The number of hydrogen-bond donors (Lipinski definition) is 1. The number of piperidine rings is 4. The molecule has 16 heavy (non-hydrogen) atoms. The Morgan fingerprint density at radius 3 is 1.88 bits per heavy atom. The van der Waals surface area contributed by atoms with Gasteiger partial charge in [-0.15, -0.1) is 0 Å². The molecule has 0 aliphatic carbocycles. The lowest BCUT2D eigenvalue weighted by Crippen LogP contribution is -2.69. The first-order valence-electron chi connectivity index (χ1n) is 6.54. The van der Waals surface area contributed by atoms with Crippen LogP contribution in [0.15, 0.2) is 0 Å². The van der Waals surface area contributed by atoms with Crippen molar-refractivity contribution in [2.75, 3.05) is 0 Å². The lowest BCUT2D eigenvalue weighted by Gasteiger charge is -2.58. The molecule has 4 heterocycles. The van der Waals surface area contributed by atoms with E-state index < -0.39 is 0 Å². The minimum Gasteiger partial charge on any atom is -0.336 e. The molecule has 0 aromatic carbocycles. The number of nitrogens with one attached hydrogen (secondary N) is 1. The van der Waals surface area contributed by atoms with Gasteiger partial charge >= 0.3 is 0 Å². The quantitative estimate of drug-likeness (QED) is 0.674. The molecule has 4 saturated heterocycles. The Morgan fingerprint density at radius 2 is 1.50 bits per heavy atom. The number of rotatable bonds is 0. The summed E-state index contributed by atoms with van der Waals surface area (Å²) in [7, 11) is 0. The molecule has 0 radical (unpaired) electrons. The molecule has 1 N–H and O–H groups in total. The fourth-order valence-corrected chi connectivity index (χ4v) is 3.78. The van der Waals surface area contributed by atoms with E-state index in [0.29, 0.717) is 30.1 Å². The molecular weight excluding hydrogens is 200 g/mol. The summed E-state index contributed by atoms with van der Waals surface area (Å²) in [6.45, 7) is 6.12. The minimum absolute atomic E-state index is 0.219. The third kappa shape index (κ3) is 1.48. The van der Waals surface area contributed by atoms with Crippen molar-refractivity contribution in [1.82, 2.24) is 10.2 Å². The summed E-state index contributed by atoms with van der Waals surface area (Å²) in [5.41, 5.74) is -0.219. The number of amides is 1. The molecule has 0 aromatic rings. The summed E-state index contributed by atoms with van der Waals surface area (Å²) in [5, 5.41) is 3.67. The smallest absolute Gasteiger partial charge is 0.228 e. The maximum absolute atomic E-state index is 12.5. The van der Waals surface area contributed by atoms with Gasteiger partial charge in [-0.25, -0.2) is 0 Å². The molecule has 0 aromatic heterocycles. The Labute approximate surface area is 97.6 Å². The van der Waals surface area contributed by atoms with Crippen molar-refractivity contribution >= 4 is 5.91 Å². The highest BCUT2D eigenvalue weighted by Crippen LogP contribution is 2.40. The van der Waals surface area contributed by atoms with E-state index >= 15 is 0 Å². The Bertz CT molecular complexity index is 290. The van der Waals surface area contributed by atoms with Crippen molar-refractivity contribution in [3.8, 4) is 0 Å². The highest BCUT2D eigenvalue weighted by molar-refractivity contribution is 5.82. The lowest BCUT2D eigenvalue weighted by molar-refractivity contribution is -0.154. The van der Waals surface area contributed by atoms with Crippen molar-refractivity contribution in [1.29, 1.82) is 0 Å². The minimum atomic E-state index is -0.219. The Balaban J connectivity index is 1.84. The number of carbonyl (C=O) groups excluding carboxylic acids is 1. The van der Waals surface area contributed by atoms with Crippen LogP contribution in [0.1, 0.15) is 46.5 Å². The highest BCUT2D eigenvalue weighted by Gasteiger charge is 2.49. The zero-order valence-corrected chi connectivity index (χ0v) is 10.5. The van der Waals surface area contributed by atoms with Gasteiger partial charge in [0, 0.05) is 29.6 Å². The average Bonchev–Trinajstić information content (AvgIpc) is 2.13. The van der Waals surface area contributed by atoms with E-state index in [2.05, 4.69) is 10.2 Å². The van der Waals surface area contributed by atoms with Gasteiger partial charge in [0.1, 0.15) is 0 Å². The molecule has 4 rings (SSSR count). The van der Waals surface area contributed by atoms with Crippen LogP contribution in [0.2, 0.25) is 0 Å². The van der Waals surface area contributed by atoms with Crippen molar-refractivity contribution in [2.45, 2.75) is 70.6 Å². The summed E-state index contributed by atoms with van der Waals surface area (Å²) >= 11 is 0. The molecule has 1 amide bonds. The third-order valence-electron chi connectivity index (χ3n) is 4.36. The average molecular weight is 222 g/mol. The van der Waals surface area contributed by atoms with Crippen LogP contribution in [0.4, 0.5) is 0 Å². The Hall–Kier alpha value is -0.570. The van der Waals surface area contributed by atoms with Crippen LogP contribution in [0.3, 0.4) is 0 Å². The first kappa shape index (κ1) is 10.6. The van der Waals surface area contributed by atoms with E-state index in [0.717, 1.165) is 0 Å². The first-order chi connectivity index (χ1) is 7.45. The van der Waals surface area contributed by atoms with Crippen LogP contribution < -0.4 is 5.32 Å². The predicted molar refractivity (Wildman–Crippen MR) is 63.1 cm³/mol. The molecule has 4 aliphatic heterocycles. The summed E-state index contributed by atoms with van der Waals surface area (Å²) in [5.74, 6) is 0.362. The Morgan fingerprint density at radius 1 is 1.06 bits per heavy atom.